The van der Waals surface area contributed by atoms with Crippen molar-refractivity contribution < 1.29 is 9.90 Å². The largest absolute Gasteiger partial charge is 0.493 e. The molecule has 0 radical (unpaired) electrons. The van der Waals surface area contributed by atoms with E-state index in [0.29, 0.717) is 34.1 Å². The van der Waals surface area contributed by atoms with Gasteiger partial charge in [0.2, 0.25) is 11.8 Å². The van der Waals surface area contributed by atoms with Crippen molar-refractivity contribution in [1.29, 1.82) is 0 Å². The number of amides is 1. The molecule has 0 aliphatic heterocycles. The Hall–Kier alpha value is -3.35. The van der Waals surface area contributed by atoms with Crippen LogP contribution in [0.25, 0.3) is 5.69 Å². The van der Waals surface area contributed by atoms with Gasteiger partial charge < -0.3 is 15.0 Å². The van der Waals surface area contributed by atoms with Crippen LogP contribution in [0.4, 0.5) is 5.69 Å². The lowest BCUT2D eigenvalue weighted by molar-refractivity contribution is -0.115. The summed E-state index contributed by atoms with van der Waals surface area (Å²) in [6, 6.07) is 24.6. The van der Waals surface area contributed by atoms with E-state index in [1.807, 2.05) is 90.4 Å². The molecule has 4 aromatic rings. The van der Waals surface area contributed by atoms with Crippen LogP contribution in [0.15, 0.2) is 78.9 Å². The molecule has 7 heteroatoms. The summed E-state index contributed by atoms with van der Waals surface area (Å²) < 4.78 is 3.87. The average Bonchev–Trinajstić information content (AvgIpc) is 3.04. The summed E-state index contributed by atoms with van der Waals surface area (Å²) in [5.74, 6) is -0.254. The maximum atomic E-state index is 12.8. The molecule has 168 valence electrons. The second kappa shape index (κ2) is 10.1. The van der Waals surface area contributed by atoms with E-state index in [4.69, 9.17) is 23.8 Å². The molecule has 1 aromatic heterocycles. The SMILES string of the molecule is Cc1ccc(NC(=O)Cc2c(O)n(-c3ccccc3)c(=S)n2CCc2ccc(Cl)cc2)cc1. The van der Waals surface area contributed by atoms with E-state index in [-0.39, 0.29) is 18.2 Å². The summed E-state index contributed by atoms with van der Waals surface area (Å²) in [4.78, 5) is 12.8. The average molecular weight is 478 g/mol. The fourth-order valence-electron chi connectivity index (χ4n) is 3.68. The fraction of sp³-hybridized carbons (Fsp3) is 0.154. The third-order valence-electron chi connectivity index (χ3n) is 5.43. The normalized spacial score (nSPS) is 10.8. The smallest absolute Gasteiger partial charge is 0.230 e. The number of aromatic nitrogens is 2. The van der Waals surface area contributed by atoms with E-state index in [2.05, 4.69) is 5.32 Å². The summed E-state index contributed by atoms with van der Waals surface area (Å²) in [5, 5.41) is 14.7. The van der Waals surface area contributed by atoms with Gasteiger partial charge in [0, 0.05) is 17.3 Å². The van der Waals surface area contributed by atoms with E-state index >= 15 is 0 Å². The van der Waals surface area contributed by atoms with Crippen molar-refractivity contribution in [2.45, 2.75) is 26.3 Å². The Morgan fingerprint density at radius 1 is 1.00 bits per heavy atom. The van der Waals surface area contributed by atoms with Crippen LogP contribution < -0.4 is 5.32 Å². The first kappa shape index (κ1) is 22.8. The molecule has 0 aliphatic carbocycles. The Morgan fingerprint density at radius 3 is 2.33 bits per heavy atom. The molecule has 0 spiro atoms. The second-order valence-corrected chi connectivity index (χ2v) is 8.64. The summed E-state index contributed by atoms with van der Waals surface area (Å²) in [7, 11) is 0. The highest BCUT2D eigenvalue weighted by Gasteiger charge is 2.21. The first-order valence-electron chi connectivity index (χ1n) is 10.6. The number of rotatable bonds is 7. The number of nitrogens with one attached hydrogen (secondary N) is 1. The standard InChI is InChI=1S/C26H24ClN3O2S/c1-18-7-13-21(14-8-18)28-24(31)17-23-25(32)30(22-5-3-2-4-6-22)26(33)29(23)16-15-19-9-11-20(27)12-10-19/h2-14,32H,15-17H2,1H3,(H,28,31). The Balaban J connectivity index is 1.65. The van der Waals surface area contributed by atoms with Crippen molar-refractivity contribution in [2.75, 3.05) is 5.32 Å². The number of para-hydroxylation sites is 1. The zero-order chi connectivity index (χ0) is 23.4. The summed E-state index contributed by atoms with van der Waals surface area (Å²) in [5.41, 5.74) is 4.12. The Kier molecular flexibility index (Phi) is 6.96. The molecule has 0 bridgehead atoms. The van der Waals surface area contributed by atoms with Gasteiger partial charge in [-0.2, -0.15) is 0 Å². The highest BCUT2D eigenvalue weighted by atomic mass is 35.5. The molecule has 0 fully saturated rings. The van der Waals surface area contributed by atoms with Gasteiger partial charge in [0.05, 0.1) is 17.8 Å². The summed E-state index contributed by atoms with van der Waals surface area (Å²) in [6.45, 7) is 2.51. The van der Waals surface area contributed by atoms with E-state index in [9.17, 15) is 9.90 Å². The third kappa shape index (κ3) is 5.35. The van der Waals surface area contributed by atoms with E-state index in [1.165, 1.54) is 0 Å². The zero-order valence-corrected chi connectivity index (χ0v) is 19.7. The van der Waals surface area contributed by atoms with Crippen molar-refractivity contribution in [3.05, 3.63) is 105 Å². The summed E-state index contributed by atoms with van der Waals surface area (Å²) >= 11 is 11.7. The third-order valence-corrected chi connectivity index (χ3v) is 6.09. The minimum Gasteiger partial charge on any atom is -0.493 e. The van der Waals surface area contributed by atoms with Crippen molar-refractivity contribution in [3.8, 4) is 11.6 Å². The molecule has 3 aromatic carbocycles. The zero-order valence-electron chi connectivity index (χ0n) is 18.2. The number of benzene rings is 3. The van der Waals surface area contributed by atoms with Gasteiger partial charge >= 0.3 is 0 Å². The molecule has 0 aliphatic rings. The quantitative estimate of drug-likeness (QED) is 0.316. The van der Waals surface area contributed by atoms with Crippen LogP contribution in [-0.2, 0) is 24.2 Å². The predicted octanol–water partition coefficient (Wildman–Crippen LogP) is 6.10. The van der Waals surface area contributed by atoms with Gasteiger partial charge in [-0.25, -0.2) is 0 Å². The van der Waals surface area contributed by atoms with Crippen molar-refractivity contribution in [3.63, 3.8) is 0 Å². The minimum absolute atomic E-state index is 0.0101. The van der Waals surface area contributed by atoms with Gasteiger partial charge in [0.25, 0.3) is 0 Å². The van der Waals surface area contributed by atoms with Gasteiger partial charge in [0.1, 0.15) is 0 Å². The van der Waals surface area contributed by atoms with Crippen LogP contribution in [0.3, 0.4) is 0 Å². The van der Waals surface area contributed by atoms with Crippen molar-refractivity contribution in [2.24, 2.45) is 0 Å². The van der Waals surface area contributed by atoms with Crippen LogP contribution in [0, 0.1) is 11.7 Å². The van der Waals surface area contributed by atoms with Crippen LogP contribution in [0.2, 0.25) is 5.02 Å². The van der Waals surface area contributed by atoms with E-state index < -0.39 is 0 Å². The maximum Gasteiger partial charge on any atom is 0.230 e. The number of halogens is 1. The maximum absolute atomic E-state index is 12.8. The molecular weight excluding hydrogens is 454 g/mol. The van der Waals surface area contributed by atoms with E-state index in [1.54, 1.807) is 4.57 Å². The molecule has 0 unspecified atom stereocenters. The highest BCUT2D eigenvalue weighted by Crippen LogP contribution is 2.27. The van der Waals surface area contributed by atoms with Gasteiger partial charge in [-0.3, -0.25) is 9.36 Å². The molecule has 1 heterocycles. The van der Waals surface area contributed by atoms with Gasteiger partial charge in [-0.1, -0.05) is 59.6 Å². The van der Waals surface area contributed by atoms with Crippen LogP contribution in [0.1, 0.15) is 16.8 Å². The number of hydrogen-bond acceptors (Lipinski definition) is 3. The number of carbonyl (C=O) groups excluding carboxylic acids is 1. The highest BCUT2D eigenvalue weighted by molar-refractivity contribution is 7.71. The fourth-order valence-corrected chi connectivity index (χ4v) is 4.20. The van der Waals surface area contributed by atoms with Crippen molar-refractivity contribution in [1.82, 2.24) is 9.13 Å². The first-order valence-corrected chi connectivity index (χ1v) is 11.4. The molecule has 0 saturated carbocycles. The molecule has 0 atom stereocenters. The number of imidazole rings is 1. The number of aryl methyl sites for hydroxylation is 2. The topological polar surface area (TPSA) is 59.2 Å². The molecule has 2 N–H and O–H groups in total. The van der Waals surface area contributed by atoms with Crippen molar-refractivity contribution >= 4 is 35.4 Å². The van der Waals surface area contributed by atoms with Gasteiger partial charge in [-0.05, 0) is 67.5 Å². The number of aromatic hydroxyl groups is 1. The first-order chi connectivity index (χ1) is 15.9. The molecular formula is C26H24ClN3O2S. The molecule has 0 saturated heterocycles. The number of hydrogen-bond donors (Lipinski definition) is 2. The van der Waals surface area contributed by atoms with Crippen LogP contribution in [-0.4, -0.2) is 20.1 Å². The Labute approximate surface area is 202 Å². The predicted molar refractivity (Wildman–Crippen MR) is 135 cm³/mol. The van der Waals surface area contributed by atoms with Gasteiger partial charge in [-0.15, -0.1) is 0 Å². The lowest BCUT2D eigenvalue weighted by atomic mass is 10.1. The molecule has 4 rings (SSSR count). The molecule has 5 nitrogen and oxygen atoms in total. The monoisotopic (exact) mass is 477 g/mol. The van der Waals surface area contributed by atoms with E-state index in [0.717, 1.165) is 16.8 Å². The second-order valence-electron chi connectivity index (χ2n) is 7.84. The Morgan fingerprint density at radius 2 is 1.67 bits per heavy atom. The number of anilines is 1. The Bertz CT molecular complexity index is 1310. The molecule has 1 amide bonds. The lowest BCUT2D eigenvalue weighted by Crippen LogP contribution is -2.17. The molecule has 33 heavy (non-hydrogen) atoms. The minimum atomic E-state index is -0.227. The van der Waals surface area contributed by atoms with Crippen LogP contribution in [0.5, 0.6) is 5.88 Å². The van der Waals surface area contributed by atoms with Gasteiger partial charge in [0.15, 0.2) is 4.77 Å². The lowest BCUT2D eigenvalue weighted by Gasteiger charge is -2.10. The number of carbonyl (C=O) groups is 1. The summed E-state index contributed by atoms with van der Waals surface area (Å²) in [6.07, 6.45) is 0.667. The van der Waals surface area contributed by atoms with Crippen LogP contribution >= 0.6 is 23.8 Å². The number of nitrogens with zero attached hydrogens (tertiary/aromatic N) is 2.